The van der Waals surface area contributed by atoms with E-state index in [2.05, 4.69) is 10.6 Å². The summed E-state index contributed by atoms with van der Waals surface area (Å²) in [5, 5.41) is 6.61. The van der Waals surface area contributed by atoms with E-state index in [1.165, 1.54) is 32.2 Å². The van der Waals surface area contributed by atoms with E-state index in [1.54, 1.807) is 0 Å². The van der Waals surface area contributed by atoms with Crippen molar-refractivity contribution in [2.45, 2.75) is 77.0 Å². The Morgan fingerprint density at radius 3 is 2.37 bits per heavy atom. The number of amides is 1. The number of hydrogen-bond acceptors (Lipinski definition) is 3. The van der Waals surface area contributed by atoms with Gasteiger partial charge in [0.2, 0.25) is 0 Å². The molecule has 1 aliphatic heterocycles. The fourth-order valence-electron chi connectivity index (χ4n) is 3.25. The molecule has 4 nitrogen and oxygen atoms in total. The summed E-state index contributed by atoms with van der Waals surface area (Å²) in [6, 6.07) is 1.02. The van der Waals surface area contributed by atoms with Crippen molar-refractivity contribution in [1.82, 2.24) is 10.6 Å². The summed E-state index contributed by atoms with van der Waals surface area (Å²) >= 11 is 0. The van der Waals surface area contributed by atoms with E-state index in [-0.39, 0.29) is 6.09 Å². The van der Waals surface area contributed by atoms with Crippen molar-refractivity contribution in [1.29, 1.82) is 0 Å². The number of hydrogen-bond donors (Lipinski definition) is 2. The molecular weight excluding hydrogens is 240 g/mol. The van der Waals surface area contributed by atoms with Gasteiger partial charge in [-0.2, -0.15) is 0 Å². The van der Waals surface area contributed by atoms with Gasteiger partial charge in [0.25, 0.3) is 0 Å². The van der Waals surface area contributed by atoms with Gasteiger partial charge in [0, 0.05) is 12.1 Å². The Morgan fingerprint density at radius 1 is 1.16 bits per heavy atom. The highest BCUT2D eigenvalue weighted by Crippen LogP contribution is 2.30. The van der Waals surface area contributed by atoms with Gasteiger partial charge in [0.15, 0.2) is 0 Å². The van der Waals surface area contributed by atoms with Crippen LogP contribution < -0.4 is 10.6 Å². The first-order valence-corrected chi connectivity index (χ1v) is 7.67. The topological polar surface area (TPSA) is 50.4 Å². The molecule has 1 atom stereocenters. The summed E-state index contributed by atoms with van der Waals surface area (Å²) in [5.74, 6) is 0.805. The predicted molar refractivity (Wildman–Crippen MR) is 76.1 cm³/mol. The van der Waals surface area contributed by atoms with Crippen LogP contribution in [-0.4, -0.2) is 30.3 Å². The molecule has 19 heavy (non-hydrogen) atoms. The van der Waals surface area contributed by atoms with Crippen molar-refractivity contribution >= 4 is 6.09 Å². The van der Waals surface area contributed by atoms with E-state index in [0.29, 0.717) is 6.04 Å². The summed E-state index contributed by atoms with van der Waals surface area (Å²) in [4.78, 5) is 11.7. The Labute approximate surface area is 116 Å². The van der Waals surface area contributed by atoms with Crippen LogP contribution in [0.5, 0.6) is 0 Å². The zero-order valence-electron chi connectivity index (χ0n) is 12.5. The van der Waals surface area contributed by atoms with Crippen molar-refractivity contribution < 1.29 is 9.53 Å². The molecule has 1 saturated carbocycles. The van der Waals surface area contributed by atoms with Crippen molar-refractivity contribution in [2.75, 3.05) is 6.54 Å². The summed E-state index contributed by atoms with van der Waals surface area (Å²) in [5.41, 5.74) is -0.408. The molecule has 1 amide bonds. The highest BCUT2D eigenvalue weighted by molar-refractivity contribution is 5.68. The zero-order valence-corrected chi connectivity index (χ0v) is 12.5. The predicted octanol–water partition coefficient (Wildman–Crippen LogP) is 2.82. The molecule has 0 aromatic carbocycles. The lowest BCUT2D eigenvalue weighted by Crippen LogP contribution is -2.43. The van der Waals surface area contributed by atoms with Gasteiger partial charge in [0.1, 0.15) is 5.60 Å². The standard InChI is InChI=1S/C15H28N2O2/c1-15(2,3)19-14(18)17-12-8-6-11(7-9-12)13-5-4-10-16-13/h11-13,16H,4-10H2,1-3H3,(H,17,18). The number of ether oxygens (including phenoxy) is 1. The third-order valence-corrected chi connectivity index (χ3v) is 4.16. The van der Waals surface area contributed by atoms with Crippen LogP contribution in [0.15, 0.2) is 0 Å². The molecule has 0 aromatic rings. The second-order valence-corrected chi connectivity index (χ2v) is 6.96. The van der Waals surface area contributed by atoms with E-state index in [9.17, 15) is 4.79 Å². The van der Waals surface area contributed by atoms with Crippen molar-refractivity contribution in [2.24, 2.45) is 5.92 Å². The van der Waals surface area contributed by atoms with E-state index in [0.717, 1.165) is 24.8 Å². The molecule has 110 valence electrons. The molecule has 2 aliphatic rings. The van der Waals surface area contributed by atoms with Crippen LogP contribution in [0.2, 0.25) is 0 Å². The molecule has 0 radical (unpaired) electrons. The lowest BCUT2D eigenvalue weighted by atomic mass is 9.81. The van der Waals surface area contributed by atoms with Gasteiger partial charge in [-0.3, -0.25) is 0 Å². The number of nitrogens with one attached hydrogen (secondary N) is 2. The minimum absolute atomic E-state index is 0.269. The fraction of sp³-hybridized carbons (Fsp3) is 0.933. The van der Waals surface area contributed by atoms with Crippen LogP contribution in [0.3, 0.4) is 0 Å². The first-order chi connectivity index (χ1) is 8.94. The SMILES string of the molecule is CC(C)(C)OC(=O)NC1CCC(C2CCCN2)CC1. The number of rotatable bonds is 2. The van der Waals surface area contributed by atoms with Crippen LogP contribution in [-0.2, 0) is 4.74 Å². The fourth-order valence-corrected chi connectivity index (χ4v) is 3.25. The van der Waals surface area contributed by atoms with Crippen molar-refractivity contribution in [3.05, 3.63) is 0 Å². The van der Waals surface area contributed by atoms with Crippen molar-refractivity contribution in [3.63, 3.8) is 0 Å². The maximum Gasteiger partial charge on any atom is 0.407 e. The molecule has 2 rings (SSSR count). The lowest BCUT2D eigenvalue weighted by molar-refractivity contribution is 0.0485. The number of carbonyl (C=O) groups is 1. The summed E-state index contributed by atoms with van der Waals surface area (Å²) < 4.78 is 5.30. The van der Waals surface area contributed by atoms with Crippen LogP contribution in [0.25, 0.3) is 0 Å². The molecule has 0 spiro atoms. The first-order valence-electron chi connectivity index (χ1n) is 7.67. The molecule has 2 N–H and O–H groups in total. The Hall–Kier alpha value is -0.770. The van der Waals surface area contributed by atoms with Crippen LogP contribution in [0.4, 0.5) is 4.79 Å². The number of alkyl carbamates (subject to hydrolysis) is 1. The van der Waals surface area contributed by atoms with E-state index >= 15 is 0 Å². The van der Waals surface area contributed by atoms with Crippen LogP contribution in [0, 0.1) is 5.92 Å². The summed E-state index contributed by atoms with van der Waals surface area (Å²) in [6.45, 7) is 6.88. The lowest BCUT2D eigenvalue weighted by Gasteiger charge is -2.33. The van der Waals surface area contributed by atoms with E-state index < -0.39 is 5.60 Å². The second kappa shape index (κ2) is 6.12. The quantitative estimate of drug-likeness (QED) is 0.809. The average molecular weight is 268 g/mol. The van der Waals surface area contributed by atoms with Gasteiger partial charge in [-0.05, 0) is 71.8 Å². The first kappa shape index (κ1) is 14.6. The second-order valence-electron chi connectivity index (χ2n) is 6.96. The van der Waals surface area contributed by atoms with E-state index in [1.807, 2.05) is 20.8 Å². The van der Waals surface area contributed by atoms with Crippen LogP contribution in [0.1, 0.15) is 59.3 Å². The molecule has 0 bridgehead atoms. The smallest absolute Gasteiger partial charge is 0.407 e. The van der Waals surface area contributed by atoms with Gasteiger partial charge in [-0.25, -0.2) is 4.79 Å². The highest BCUT2D eigenvalue weighted by Gasteiger charge is 2.30. The Kier molecular flexibility index (Phi) is 4.71. The third-order valence-electron chi connectivity index (χ3n) is 4.16. The van der Waals surface area contributed by atoms with Gasteiger partial charge in [0.05, 0.1) is 0 Å². The zero-order chi connectivity index (χ0) is 13.9. The molecule has 4 heteroatoms. The monoisotopic (exact) mass is 268 g/mol. The van der Waals surface area contributed by atoms with Crippen molar-refractivity contribution in [3.8, 4) is 0 Å². The Bertz CT molecular complexity index is 298. The molecule has 0 aromatic heterocycles. The minimum Gasteiger partial charge on any atom is -0.444 e. The Balaban J connectivity index is 1.69. The molecule has 1 heterocycles. The highest BCUT2D eigenvalue weighted by atomic mass is 16.6. The molecule has 2 fully saturated rings. The van der Waals surface area contributed by atoms with Gasteiger partial charge in [-0.1, -0.05) is 0 Å². The van der Waals surface area contributed by atoms with Gasteiger partial charge in [-0.15, -0.1) is 0 Å². The molecule has 1 aliphatic carbocycles. The summed E-state index contributed by atoms with van der Waals surface area (Å²) in [7, 11) is 0. The maximum atomic E-state index is 11.7. The van der Waals surface area contributed by atoms with E-state index in [4.69, 9.17) is 4.74 Å². The normalized spacial score (nSPS) is 32.1. The van der Waals surface area contributed by atoms with Crippen LogP contribution >= 0.6 is 0 Å². The third kappa shape index (κ3) is 4.68. The Morgan fingerprint density at radius 2 is 1.84 bits per heavy atom. The largest absolute Gasteiger partial charge is 0.444 e. The minimum atomic E-state index is -0.408. The number of carbonyl (C=O) groups excluding carboxylic acids is 1. The molecule has 1 saturated heterocycles. The molecular formula is C15H28N2O2. The van der Waals surface area contributed by atoms with Gasteiger partial charge >= 0.3 is 6.09 Å². The maximum absolute atomic E-state index is 11.7. The summed E-state index contributed by atoms with van der Waals surface area (Å²) in [6.07, 6.45) is 6.99. The molecule has 1 unspecified atom stereocenters. The van der Waals surface area contributed by atoms with Gasteiger partial charge < -0.3 is 15.4 Å². The average Bonchev–Trinajstić information content (AvgIpc) is 2.80.